The SMILES string of the molecule is CCCc1nc(C)c2c(=O)[nH]c(-c3cc(S(=O)(=O)N(C)CC(=O)O)ccc3OCC)nn12. The van der Waals surface area contributed by atoms with Crippen molar-refractivity contribution in [1.29, 1.82) is 0 Å². The summed E-state index contributed by atoms with van der Waals surface area (Å²) in [7, 11) is -2.93. The molecule has 12 heteroatoms. The maximum absolute atomic E-state index is 12.9. The number of ether oxygens (including phenoxy) is 1. The van der Waals surface area contributed by atoms with E-state index in [1.54, 1.807) is 13.8 Å². The van der Waals surface area contributed by atoms with E-state index < -0.39 is 28.1 Å². The van der Waals surface area contributed by atoms with Gasteiger partial charge in [0.1, 0.15) is 18.1 Å². The number of aliphatic carboxylic acids is 1. The van der Waals surface area contributed by atoms with Crippen molar-refractivity contribution < 1.29 is 23.1 Å². The fraction of sp³-hybridized carbons (Fsp3) is 0.400. The van der Waals surface area contributed by atoms with Gasteiger partial charge in [-0.1, -0.05) is 6.92 Å². The molecule has 172 valence electrons. The number of H-pyrrole nitrogens is 1. The molecule has 0 atom stereocenters. The molecule has 32 heavy (non-hydrogen) atoms. The van der Waals surface area contributed by atoms with E-state index in [1.165, 1.54) is 29.8 Å². The summed E-state index contributed by atoms with van der Waals surface area (Å²) in [6, 6.07) is 4.09. The van der Waals surface area contributed by atoms with Crippen LogP contribution in [0.2, 0.25) is 0 Å². The maximum Gasteiger partial charge on any atom is 0.318 e. The molecule has 0 unspecified atom stereocenters. The number of nitrogens with zero attached hydrogens (tertiary/aromatic N) is 4. The first-order valence-corrected chi connectivity index (χ1v) is 11.5. The number of hydrogen-bond acceptors (Lipinski definition) is 7. The molecule has 3 aromatic rings. The second kappa shape index (κ2) is 9.09. The largest absolute Gasteiger partial charge is 0.493 e. The topological polar surface area (TPSA) is 147 Å². The van der Waals surface area contributed by atoms with Gasteiger partial charge in [0, 0.05) is 13.5 Å². The molecule has 1 aromatic carbocycles. The number of nitrogens with one attached hydrogen (secondary N) is 1. The molecule has 2 N–H and O–H groups in total. The number of carboxylic acid groups (broad SMARTS) is 1. The van der Waals surface area contributed by atoms with Crippen LogP contribution in [-0.4, -0.2) is 63.6 Å². The van der Waals surface area contributed by atoms with Crippen LogP contribution in [0.4, 0.5) is 0 Å². The van der Waals surface area contributed by atoms with Crippen LogP contribution in [0.3, 0.4) is 0 Å². The van der Waals surface area contributed by atoms with Crippen LogP contribution in [0.5, 0.6) is 5.75 Å². The Morgan fingerprint density at radius 2 is 2.03 bits per heavy atom. The van der Waals surface area contributed by atoms with Gasteiger partial charge < -0.3 is 14.8 Å². The lowest BCUT2D eigenvalue weighted by Crippen LogP contribution is -2.32. The molecule has 2 heterocycles. The quantitative estimate of drug-likeness (QED) is 0.485. The highest BCUT2D eigenvalue weighted by Gasteiger charge is 2.25. The van der Waals surface area contributed by atoms with Crippen LogP contribution in [0, 0.1) is 6.92 Å². The highest BCUT2D eigenvalue weighted by Crippen LogP contribution is 2.31. The second-order valence-electron chi connectivity index (χ2n) is 7.17. The zero-order valence-electron chi connectivity index (χ0n) is 18.2. The maximum atomic E-state index is 12.9. The first-order valence-electron chi connectivity index (χ1n) is 10.0. The van der Waals surface area contributed by atoms with E-state index >= 15 is 0 Å². The minimum Gasteiger partial charge on any atom is -0.493 e. The van der Waals surface area contributed by atoms with Crippen LogP contribution in [0.25, 0.3) is 16.9 Å². The third kappa shape index (κ3) is 4.36. The van der Waals surface area contributed by atoms with Crippen molar-refractivity contribution in [3.05, 3.63) is 40.1 Å². The molecule has 2 aromatic heterocycles. The van der Waals surface area contributed by atoms with E-state index in [4.69, 9.17) is 9.84 Å². The van der Waals surface area contributed by atoms with E-state index in [-0.39, 0.29) is 16.3 Å². The van der Waals surface area contributed by atoms with Gasteiger partial charge in [-0.25, -0.2) is 17.9 Å². The van der Waals surface area contributed by atoms with Crippen LogP contribution in [-0.2, 0) is 21.2 Å². The van der Waals surface area contributed by atoms with E-state index in [0.29, 0.717) is 35.8 Å². The lowest BCUT2D eigenvalue weighted by atomic mass is 10.2. The van der Waals surface area contributed by atoms with Crippen molar-refractivity contribution in [3.8, 4) is 17.1 Å². The fourth-order valence-electron chi connectivity index (χ4n) is 3.33. The van der Waals surface area contributed by atoms with E-state index in [1.807, 2.05) is 6.92 Å². The highest BCUT2D eigenvalue weighted by molar-refractivity contribution is 7.89. The predicted octanol–water partition coefficient (Wildman–Crippen LogP) is 1.45. The van der Waals surface area contributed by atoms with Crippen molar-refractivity contribution in [3.63, 3.8) is 0 Å². The summed E-state index contributed by atoms with van der Waals surface area (Å²) in [5, 5.41) is 13.5. The molecule has 0 radical (unpaired) electrons. The van der Waals surface area contributed by atoms with E-state index in [9.17, 15) is 18.0 Å². The van der Waals surface area contributed by atoms with Gasteiger partial charge in [-0.2, -0.15) is 4.31 Å². The number of carboxylic acids is 1. The monoisotopic (exact) mass is 463 g/mol. The Bertz CT molecular complexity index is 1330. The fourth-order valence-corrected chi connectivity index (χ4v) is 4.48. The summed E-state index contributed by atoms with van der Waals surface area (Å²) in [6.07, 6.45) is 1.41. The number of aromatic nitrogens is 4. The lowest BCUT2D eigenvalue weighted by molar-refractivity contribution is -0.137. The van der Waals surface area contributed by atoms with Gasteiger partial charge in [0.15, 0.2) is 11.3 Å². The zero-order valence-corrected chi connectivity index (χ0v) is 19.1. The van der Waals surface area contributed by atoms with Crippen LogP contribution < -0.4 is 10.3 Å². The molecule has 11 nitrogen and oxygen atoms in total. The number of aryl methyl sites for hydroxylation is 2. The number of benzene rings is 1. The summed E-state index contributed by atoms with van der Waals surface area (Å²) in [5.74, 6) is -0.227. The molecular formula is C20H25N5O6S. The van der Waals surface area contributed by atoms with Gasteiger partial charge >= 0.3 is 5.97 Å². The Morgan fingerprint density at radius 1 is 1.31 bits per heavy atom. The molecule has 0 spiro atoms. The molecular weight excluding hydrogens is 438 g/mol. The Labute approximate surface area is 184 Å². The number of fused-ring (bicyclic) bond motifs is 1. The van der Waals surface area contributed by atoms with Crippen LogP contribution in [0.1, 0.15) is 31.8 Å². The molecule has 0 aliphatic heterocycles. The summed E-state index contributed by atoms with van der Waals surface area (Å²) in [6.45, 7) is 5.09. The standard InChI is InChI=1S/C20H25N5O6S/c1-5-7-16-21-12(3)18-20(28)22-19(23-25(16)18)14-10-13(8-9-15(14)31-6-2)32(29,30)24(4)11-17(26)27/h8-10H,5-7,11H2,1-4H3,(H,26,27)(H,22,23,28). The Morgan fingerprint density at radius 3 is 2.66 bits per heavy atom. The zero-order chi connectivity index (χ0) is 23.6. The average molecular weight is 464 g/mol. The predicted molar refractivity (Wildman–Crippen MR) is 116 cm³/mol. The number of imidazole rings is 1. The normalized spacial score (nSPS) is 11.9. The smallest absolute Gasteiger partial charge is 0.318 e. The van der Waals surface area contributed by atoms with Crippen molar-refractivity contribution in [1.82, 2.24) is 23.9 Å². The number of carbonyl (C=O) groups is 1. The molecule has 0 amide bonds. The van der Waals surface area contributed by atoms with E-state index in [2.05, 4.69) is 15.1 Å². The third-order valence-electron chi connectivity index (χ3n) is 4.79. The number of aromatic amines is 1. The van der Waals surface area contributed by atoms with Gasteiger partial charge in [-0.05, 0) is 38.5 Å². The van der Waals surface area contributed by atoms with E-state index in [0.717, 1.165) is 10.7 Å². The van der Waals surface area contributed by atoms with Crippen LogP contribution >= 0.6 is 0 Å². The van der Waals surface area contributed by atoms with Gasteiger partial charge in [-0.15, -0.1) is 5.10 Å². The van der Waals surface area contributed by atoms with Crippen molar-refractivity contribution in [2.75, 3.05) is 20.2 Å². The summed E-state index contributed by atoms with van der Waals surface area (Å²) >= 11 is 0. The molecule has 0 saturated heterocycles. The Hall–Kier alpha value is -3.25. The third-order valence-corrected chi connectivity index (χ3v) is 6.59. The molecule has 0 bridgehead atoms. The van der Waals surface area contributed by atoms with Gasteiger partial charge in [0.05, 0.1) is 22.8 Å². The Kier molecular flexibility index (Phi) is 6.65. The second-order valence-corrected chi connectivity index (χ2v) is 9.22. The molecule has 0 aliphatic rings. The van der Waals surface area contributed by atoms with Crippen molar-refractivity contribution in [2.24, 2.45) is 0 Å². The summed E-state index contributed by atoms with van der Waals surface area (Å²) < 4.78 is 33.5. The first-order chi connectivity index (χ1) is 15.1. The number of sulfonamides is 1. The minimum atomic E-state index is -4.10. The first kappa shape index (κ1) is 23.4. The lowest BCUT2D eigenvalue weighted by Gasteiger charge is -2.17. The minimum absolute atomic E-state index is 0.110. The van der Waals surface area contributed by atoms with Gasteiger partial charge in [0.25, 0.3) is 5.56 Å². The van der Waals surface area contributed by atoms with Crippen LogP contribution in [0.15, 0.2) is 27.9 Å². The average Bonchev–Trinajstić information content (AvgIpc) is 3.04. The molecule has 0 saturated carbocycles. The summed E-state index contributed by atoms with van der Waals surface area (Å²) in [4.78, 5) is 30.8. The highest BCUT2D eigenvalue weighted by atomic mass is 32.2. The summed E-state index contributed by atoms with van der Waals surface area (Å²) in [5.41, 5.74) is 0.705. The van der Waals surface area contributed by atoms with Crippen molar-refractivity contribution in [2.45, 2.75) is 38.5 Å². The number of hydrogen-bond donors (Lipinski definition) is 2. The molecule has 0 fully saturated rings. The van der Waals surface area contributed by atoms with Gasteiger partial charge in [-0.3, -0.25) is 9.59 Å². The van der Waals surface area contributed by atoms with Gasteiger partial charge in [0.2, 0.25) is 10.0 Å². The molecule has 3 rings (SSSR count). The number of rotatable bonds is 9. The van der Waals surface area contributed by atoms with Crippen molar-refractivity contribution >= 4 is 21.5 Å². The molecule has 0 aliphatic carbocycles. The Balaban J connectivity index is 2.23. The number of likely N-dealkylation sites (N-methyl/N-ethyl adjacent to an activating group) is 1.